The van der Waals surface area contributed by atoms with Gasteiger partial charge in [0.15, 0.2) is 11.2 Å². The van der Waals surface area contributed by atoms with Crippen LogP contribution in [0.1, 0.15) is 59.1 Å². The van der Waals surface area contributed by atoms with Gasteiger partial charge in [0.1, 0.15) is 30.5 Å². The minimum absolute atomic E-state index is 0.0134. The predicted octanol–water partition coefficient (Wildman–Crippen LogP) is 5.59. The van der Waals surface area contributed by atoms with Crippen LogP contribution >= 0.6 is 20.1 Å². The van der Waals surface area contributed by atoms with E-state index in [1.165, 1.54) is 6.33 Å². The summed E-state index contributed by atoms with van der Waals surface area (Å²) in [4.78, 5) is 25.8. The van der Waals surface area contributed by atoms with Crippen LogP contribution in [0.2, 0.25) is 5.02 Å². The van der Waals surface area contributed by atoms with Gasteiger partial charge in [0.2, 0.25) is 5.88 Å². The molecule has 3 aromatic rings. The molecule has 0 bridgehead atoms. The van der Waals surface area contributed by atoms with Gasteiger partial charge >= 0.3 is 14.5 Å². The predicted molar refractivity (Wildman–Crippen MR) is 150 cm³/mol. The number of nitrogens with zero attached hydrogens (tertiary/aromatic N) is 4. The van der Waals surface area contributed by atoms with Crippen molar-refractivity contribution in [3.63, 3.8) is 0 Å². The van der Waals surface area contributed by atoms with Crippen molar-refractivity contribution in [3.8, 4) is 11.6 Å². The molecule has 11 nitrogen and oxygen atoms in total. The fraction of sp³-hybridized carbons (Fsp3) is 0.556. The lowest BCUT2D eigenvalue weighted by Gasteiger charge is -2.24. The zero-order valence-electron chi connectivity index (χ0n) is 22.9. The van der Waals surface area contributed by atoms with E-state index in [4.69, 9.17) is 34.9 Å². The number of hydrogen-bond donors (Lipinski definition) is 1. The lowest BCUT2D eigenvalue weighted by atomic mass is 10.1. The number of nitrogens with one attached hydrogen (secondary N) is 1. The number of benzene rings is 1. The number of ether oxygens (including phenoxy) is 3. The largest absolute Gasteiger partial charge is 0.476 e. The van der Waals surface area contributed by atoms with E-state index in [1.807, 2.05) is 11.5 Å². The Morgan fingerprint density at radius 2 is 2.00 bits per heavy atom. The van der Waals surface area contributed by atoms with E-state index in [1.54, 1.807) is 37.5 Å². The minimum atomic E-state index is -1.69. The van der Waals surface area contributed by atoms with Crippen LogP contribution < -0.4 is 14.3 Å². The van der Waals surface area contributed by atoms with Crippen molar-refractivity contribution in [2.24, 2.45) is 5.92 Å². The molecular weight excluding hydrogens is 557 g/mol. The maximum Gasteiger partial charge on any atom is 0.323 e. The summed E-state index contributed by atoms with van der Waals surface area (Å²) in [5, 5.41) is 3.78. The standard InChI is InChI=1S/C27H35ClN5O6P/c1-4-35-25-23-24(29-15-30-25)33(16-31-23)26-17(2)13-22(37-26)14-36-40(39-21-11-9-19(28)10-12-21)32-18(3)27(34)38-20-7-5-6-8-20/h9-12,15-18,20,22,26,32H,4-8,13-14H2,1-3H3. The highest BCUT2D eigenvalue weighted by molar-refractivity contribution is 7.45. The lowest BCUT2D eigenvalue weighted by molar-refractivity contribution is -0.150. The van der Waals surface area contributed by atoms with Crippen molar-refractivity contribution in [2.45, 2.75) is 77.4 Å². The molecule has 40 heavy (non-hydrogen) atoms. The van der Waals surface area contributed by atoms with Crippen LogP contribution in [-0.2, 0) is 18.8 Å². The summed E-state index contributed by atoms with van der Waals surface area (Å²) in [6.07, 6.45) is 7.45. The summed E-state index contributed by atoms with van der Waals surface area (Å²) < 4.78 is 31.9. The second-order valence-corrected chi connectivity index (χ2v) is 11.7. The highest BCUT2D eigenvalue weighted by Crippen LogP contribution is 2.41. The molecule has 3 heterocycles. The first-order chi connectivity index (χ1) is 19.4. The number of fused-ring (bicyclic) bond motifs is 1. The Hall–Kier alpha value is -2.56. The Bertz CT molecular complexity index is 1270. The fourth-order valence-electron chi connectivity index (χ4n) is 4.94. The molecule has 5 atom stereocenters. The number of carbonyl (C=O) groups excluding carboxylic acids is 1. The van der Waals surface area contributed by atoms with E-state index in [0.29, 0.717) is 34.4 Å². The highest BCUT2D eigenvalue weighted by atomic mass is 35.5. The van der Waals surface area contributed by atoms with Crippen LogP contribution in [0.15, 0.2) is 36.9 Å². The molecule has 5 rings (SSSR count). The molecule has 0 amide bonds. The van der Waals surface area contributed by atoms with Gasteiger partial charge in [0.05, 0.1) is 25.6 Å². The maximum atomic E-state index is 12.7. The first kappa shape index (κ1) is 29.0. The summed E-state index contributed by atoms with van der Waals surface area (Å²) >= 11 is 6.04. The Morgan fingerprint density at radius 1 is 1.23 bits per heavy atom. The third kappa shape index (κ3) is 7.01. The Morgan fingerprint density at radius 3 is 2.75 bits per heavy atom. The second kappa shape index (κ2) is 13.4. The lowest BCUT2D eigenvalue weighted by Crippen LogP contribution is -2.35. The van der Waals surface area contributed by atoms with Gasteiger partial charge in [-0.25, -0.2) is 15.1 Å². The molecule has 1 N–H and O–H groups in total. The Labute approximate surface area is 239 Å². The van der Waals surface area contributed by atoms with Gasteiger partial charge in [-0.05, 0) is 70.2 Å². The van der Waals surface area contributed by atoms with Gasteiger partial charge in [-0.3, -0.25) is 9.36 Å². The van der Waals surface area contributed by atoms with Crippen molar-refractivity contribution < 1.29 is 28.1 Å². The summed E-state index contributed by atoms with van der Waals surface area (Å²) in [6, 6.07) is 6.40. The Kier molecular flexibility index (Phi) is 9.70. The topological polar surface area (TPSA) is 119 Å². The van der Waals surface area contributed by atoms with Gasteiger partial charge in [0.25, 0.3) is 0 Å². The van der Waals surface area contributed by atoms with Gasteiger partial charge in [0, 0.05) is 10.9 Å². The van der Waals surface area contributed by atoms with Gasteiger partial charge in [-0.15, -0.1) is 0 Å². The molecule has 1 saturated heterocycles. The van der Waals surface area contributed by atoms with Crippen molar-refractivity contribution in [1.82, 2.24) is 24.6 Å². The monoisotopic (exact) mass is 591 g/mol. The summed E-state index contributed by atoms with van der Waals surface area (Å²) in [6.45, 7) is 6.53. The summed E-state index contributed by atoms with van der Waals surface area (Å²) in [5.74, 6) is 0.892. The zero-order valence-corrected chi connectivity index (χ0v) is 24.5. The van der Waals surface area contributed by atoms with Crippen molar-refractivity contribution in [1.29, 1.82) is 0 Å². The van der Waals surface area contributed by atoms with Gasteiger partial charge < -0.3 is 23.3 Å². The summed E-state index contributed by atoms with van der Waals surface area (Å²) in [7, 11) is -1.69. The molecule has 5 unspecified atom stereocenters. The van der Waals surface area contributed by atoms with Gasteiger partial charge in [-0.2, -0.15) is 4.98 Å². The quantitative estimate of drug-likeness (QED) is 0.211. The van der Waals surface area contributed by atoms with E-state index >= 15 is 0 Å². The zero-order chi connectivity index (χ0) is 28.1. The molecule has 1 aromatic carbocycles. The average molecular weight is 592 g/mol. The number of rotatable bonds is 12. The molecule has 216 valence electrons. The maximum absolute atomic E-state index is 12.7. The second-order valence-electron chi connectivity index (χ2n) is 10.1. The first-order valence-corrected chi connectivity index (χ1v) is 15.3. The van der Waals surface area contributed by atoms with Crippen molar-refractivity contribution in [2.75, 3.05) is 13.2 Å². The number of esters is 1. The molecule has 2 aromatic heterocycles. The van der Waals surface area contributed by atoms with E-state index in [9.17, 15) is 4.79 Å². The Balaban J connectivity index is 1.23. The van der Waals surface area contributed by atoms with Crippen LogP contribution in [-0.4, -0.2) is 57.0 Å². The van der Waals surface area contributed by atoms with Crippen LogP contribution in [0.25, 0.3) is 11.2 Å². The van der Waals surface area contributed by atoms with Gasteiger partial charge in [-0.1, -0.05) is 18.5 Å². The van der Waals surface area contributed by atoms with E-state index in [-0.39, 0.29) is 36.9 Å². The van der Waals surface area contributed by atoms with Crippen LogP contribution in [0.5, 0.6) is 11.6 Å². The molecule has 0 radical (unpaired) electrons. The first-order valence-electron chi connectivity index (χ1n) is 13.7. The molecule has 0 spiro atoms. The van der Waals surface area contributed by atoms with Crippen LogP contribution in [0.3, 0.4) is 0 Å². The molecule has 1 saturated carbocycles. The average Bonchev–Trinajstić information content (AvgIpc) is 3.69. The number of imidazole rings is 1. The van der Waals surface area contributed by atoms with Crippen molar-refractivity contribution >= 4 is 37.3 Å². The minimum Gasteiger partial charge on any atom is -0.476 e. The number of hydrogen-bond acceptors (Lipinski definition) is 10. The molecule has 2 fully saturated rings. The van der Waals surface area contributed by atoms with Crippen molar-refractivity contribution in [3.05, 3.63) is 41.9 Å². The fourth-order valence-corrected chi connectivity index (χ4v) is 6.28. The third-order valence-electron chi connectivity index (χ3n) is 6.95. The highest BCUT2D eigenvalue weighted by Gasteiger charge is 2.36. The third-order valence-corrected chi connectivity index (χ3v) is 8.56. The van der Waals surface area contributed by atoms with E-state index < -0.39 is 14.6 Å². The number of carbonyl (C=O) groups is 1. The van der Waals surface area contributed by atoms with Crippen LogP contribution in [0.4, 0.5) is 0 Å². The number of halogens is 1. The molecule has 1 aliphatic heterocycles. The SMILES string of the molecule is CCOc1ncnc2c1ncn2C1OC(COP(NC(C)C(=O)OC2CCCC2)Oc2ccc(Cl)cc2)CC1C. The molecule has 2 aliphatic rings. The van der Waals surface area contributed by atoms with E-state index in [2.05, 4.69) is 27.0 Å². The summed E-state index contributed by atoms with van der Waals surface area (Å²) in [5.41, 5.74) is 1.25. The number of aromatic nitrogens is 4. The molecular formula is C27H35ClN5O6P. The smallest absolute Gasteiger partial charge is 0.323 e. The molecule has 13 heteroatoms. The normalized spacial score (nSPS) is 22.9. The molecule has 1 aliphatic carbocycles. The van der Waals surface area contributed by atoms with Crippen LogP contribution in [0, 0.1) is 5.92 Å². The van der Waals surface area contributed by atoms with E-state index in [0.717, 1.165) is 32.1 Å².